The number of carbonyl (C=O) groups is 1. The zero-order valence-electron chi connectivity index (χ0n) is 15.4. The van der Waals surface area contributed by atoms with E-state index in [1.807, 2.05) is 18.2 Å². The third-order valence-corrected chi connectivity index (χ3v) is 5.74. The van der Waals surface area contributed by atoms with E-state index >= 15 is 0 Å². The Balaban J connectivity index is 1.42. The van der Waals surface area contributed by atoms with Gasteiger partial charge in [-0.15, -0.1) is 0 Å². The largest absolute Gasteiger partial charge is 0.379 e. The molecule has 27 heavy (non-hydrogen) atoms. The summed E-state index contributed by atoms with van der Waals surface area (Å²) in [5, 5.41) is 3.04. The number of carbonyl (C=O) groups excluding carboxylic acids is 1. The molecule has 1 aliphatic carbocycles. The Kier molecular flexibility index (Phi) is 5.23. The fourth-order valence-corrected chi connectivity index (χ4v) is 3.93. The van der Waals surface area contributed by atoms with Crippen molar-refractivity contribution in [3.63, 3.8) is 0 Å². The zero-order valence-corrected chi connectivity index (χ0v) is 15.4. The number of amides is 1. The Labute approximate surface area is 159 Å². The van der Waals surface area contributed by atoms with Gasteiger partial charge in [-0.2, -0.15) is 0 Å². The fraction of sp³-hybridized carbons (Fsp3) is 0.409. The summed E-state index contributed by atoms with van der Waals surface area (Å²) in [4.78, 5) is 15.3. The molecular weight excluding hydrogens is 343 g/mol. The summed E-state index contributed by atoms with van der Waals surface area (Å²) in [6, 6.07) is 14.5. The number of morpholine rings is 1. The number of nitrogens with zero attached hydrogens (tertiary/aromatic N) is 1. The minimum absolute atomic E-state index is 0.0414. The number of benzene rings is 2. The molecule has 0 aromatic heterocycles. The Hall–Kier alpha value is -2.24. The molecule has 1 saturated carbocycles. The lowest BCUT2D eigenvalue weighted by atomic mass is 9.63. The van der Waals surface area contributed by atoms with Crippen LogP contribution in [0.5, 0.6) is 0 Å². The molecule has 5 heteroatoms. The van der Waals surface area contributed by atoms with Crippen LogP contribution < -0.4 is 5.32 Å². The fourth-order valence-electron chi connectivity index (χ4n) is 3.93. The molecule has 1 amide bonds. The van der Waals surface area contributed by atoms with Gasteiger partial charge in [-0.05, 0) is 48.2 Å². The van der Waals surface area contributed by atoms with E-state index in [0.717, 1.165) is 63.4 Å². The number of ether oxygens (including phenoxy) is 1. The molecule has 0 atom stereocenters. The van der Waals surface area contributed by atoms with Crippen LogP contribution in [0.2, 0.25) is 0 Å². The lowest BCUT2D eigenvalue weighted by Crippen LogP contribution is -2.46. The van der Waals surface area contributed by atoms with E-state index in [1.54, 1.807) is 6.07 Å². The summed E-state index contributed by atoms with van der Waals surface area (Å²) in [6.07, 6.45) is 2.51. The number of anilines is 1. The van der Waals surface area contributed by atoms with Crippen molar-refractivity contribution in [1.82, 2.24) is 4.90 Å². The SMILES string of the molecule is O=C(Nc1ccc(CN2CCOCC2)cc1)C1(c2cccc(F)c2)CCC1. The van der Waals surface area contributed by atoms with Gasteiger partial charge < -0.3 is 10.1 Å². The normalized spacial score (nSPS) is 19.3. The molecule has 1 N–H and O–H groups in total. The molecule has 0 spiro atoms. The first-order chi connectivity index (χ1) is 13.2. The van der Waals surface area contributed by atoms with Gasteiger partial charge in [0, 0.05) is 25.3 Å². The van der Waals surface area contributed by atoms with Gasteiger partial charge in [-0.25, -0.2) is 4.39 Å². The highest BCUT2D eigenvalue weighted by molar-refractivity contribution is 5.99. The summed E-state index contributed by atoms with van der Waals surface area (Å²) in [5.41, 5.74) is 2.18. The number of halogens is 1. The Morgan fingerprint density at radius 2 is 1.85 bits per heavy atom. The van der Waals surface area contributed by atoms with Gasteiger partial charge in [0.1, 0.15) is 5.82 Å². The van der Waals surface area contributed by atoms with E-state index in [1.165, 1.54) is 17.7 Å². The van der Waals surface area contributed by atoms with Crippen molar-refractivity contribution < 1.29 is 13.9 Å². The Bertz CT molecular complexity index is 796. The van der Waals surface area contributed by atoms with Crippen LogP contribution in [-0.2, 0) is 21.5 Å². The number of nitrogens with one attached hydrogen (secondary N) is 1. The molecule has 1 heterocycles. The van der Waals surface area contributed by atoms with E-state index in [2.05, 4.69) is 22.3 Å². The third-order valence-electron chi connectivity index (χ3n) is 5.74. The molecule has 0 radical (unpaired) electrons. The van der Waals surface area contributed by atoms with Crippen molar-refractivity contribution >= 4 is 11.6 Å². The topological polar surface area (TPSA) is 41.6 Å². The van der Waals surface area contributed by atoms with Crippen LogP contribution in [0.3, 0.4) is 0 Å². The standard InChI is InChI=1S/C22H25FN2O2/c23-19-4-1-3-18(15-19)22(9-2-10-22)21(26)24-20-7-5-17(6-8-20)16-25-11-13-27-14-12-25/h1,3-8,15H,2,9-14,16H2,(H,24,26). The van der Waals surface area contributed by atoms with E-state index < -0.39 is 5.41 Å². The summed E-state index contributed by atoms with van der Waals surface area (Å²) in [6.45, 7) is 4.38. The summed E-state index contributed by atoms with van der Waals surface area (Å²) >= 11 is 0. The zero-order chi connectivity index (χ0) is 18.7. The average molecular weight is 368 g/mol. The second kappa shape index (κ2) is 7.79. The highest BCUT2D eigenvalue weighted by atomic mass is 19.1. The number of hydrogen-bond acceptors (Lipinski definition) is 3. The predicted molar refractivity (Wildman–Crippen MR) is 103 cm³/mol. The molecular formula is C22H25FN2O2. The molecule has 4 rings (SSSR count). The smallest absolute Gasteiger partial charge is 0.235 e. The first-order valence-corrected chi connectivity index (χ1v) is 9.62. The van der Waals surface area contributed by atoms with Crippen LogP contribution in [0.4, 0.5) is 10.1 Å². The summed E-state index contributed by atoms with van der Waals surface area (Å²) < 4.78 is 19.0. The maximum absolute atomic E-state index is 13.6. The monoisotopic (exact) mass is 368 g/mol. The lowest BCUT2D eigenvalue weighted by Gasteiger charge is -2.40. The van der Waals surface area contributed by atoms with E-state index in [0.29, 0.717) is 0 Å². The molecule has 2 aliphatic rings. The minimum Gasteiger partial charge on any atom is -0.379 e. The second-order valence-electron chi connectivity index (χ2n) is 7.49. The van der Waals surface area contributed by atoms with Gasteiger partial charge in [0.25, 0.3) is 0 Å². The van der Waals surface area contributed by atoms with Crippen molar-refractivity contribution in [2.45, 2.75) is 31.2 Å². The maximum atomic E-state index is 13.6. The maximum Gasteiger partial charge on any atom is 0.235 e. The van der Waals surface area contributed by atoms with Crippen molar-refractivity contribution in [2.75, 3.05) is 31.6 Å². The summed E-state index contributed by atoms with van der Waals surface area (Å²) in [5.74, 6) is -0.334. The van der Waals surface area contributed by atoms with Crippen LogP contribution in [0.15, 0.2) is 48.5 Å². The quantitative estimate of drug-likeness (QED) is 0.875. The van der Waals surface area contributed by atoms with Gasteiger partial charge in [-0.3, -0.25) is 9.69 Å². The average Bonchev–Trinajstić information content (AvgIpc) is 2.63. The van der Waals surface area contributed by atoms with Gasteiger partial charge in [0.15, 0.2) is 0 Å². The van der Waals surface area contributed by atoms with Crippen molar-refractivity contribution in [3.05, 3.63) is 65.5 Å². The predicted octanol–water partition coefficient (Wildman–Crippen LogP) is 3.72. The first kappa shape index (κ1) is 18.1. The molecule has 1 aliphatic heterocycles. The van der Waals surface area contributed by atoms with Crippen molar-refractivity contribution in [1.29, 1.82) is 0 Å². The molecule has 142 valence electrons. The van der Waals surface area contributed by atoms with E-state index in [9.17, 15) is 9.18 Å². The second-order valence-corrected chi connectivity index (χ2v) is 7.49. The molecule has 4 nitrogen and oxygen atoms in total. The van der Waals surface area contributed by atoms with E-state index in [-0.39, 0.29) is 11.7 Å². The minimum atomic E-state index is -0.603. The number of rotatable bonds is 5. The van der Waals surface area contributed by atoms with Crippen LogP contribution in [-0.4, -0.2) is 37.1 Å². The highest BCUT2D eigenvalue weighted by Crippen LogP contribution is 2.44. The lowest BCUT2D eigenvalue weighted by molar-refractivity contribution is -0.124. The van der Waals surface area contributed by atoms with Crippen molar-refractivity contribution in [2.24, 2.45) is 0 Å². The first-order valence-electron chi connectivity index (χ1n) is 9.62. The van der Waals surface area contributed by atoms with Crippen LogP contribution in [0.1, 0.15) is 30.4 Å². The van der Waals surface area contributed by atoms with Gasteiger partial charge in [0.05, 0.1) is 18.6 Å². The van der Waals surface area contributed by atoms with Gasteiger partial charge in [0.2, 0.25) is 5.91 Å². The van der Waals surface area contributed by atoms with Crippen molar-refractivity contribution in [3.8, 4) is 0 Å². The molecule has 0 bridgehead atoms. The third kappa shape index (κ3) is 3.89. The molecule has 2 aromatic rings. The molecule has 2 aromatic carbocycles. The molecule has 1 saturated heterocycles. The van der Waals surface area contributed by atoms with Gasteiger partial charge >= 0.3 is 0 Å². The highest BCUT2D eigenvalue weighted by Gasteiger charge is 2.45. The van der Waals surface area contributed by atoms with Crippen LogP contribution in [0.25, 0.3) is 0 Å². The van der Waals surface area contributed by atoms with Crippen LogP contribution >= 0.6 is 0 Å². The Morgan fingerprint density at radius 1 is 1.11 bits per heavy atom. The van der Waals surface area contributed by atoms with Gasteiger partial charge in [-0.1, -0.05) is 30.7 Å². The molecule has 2 fully saturated rings. The van der Waals surface area contributed by atoms with Crippen LogP contribution in [0, 0.1) is 5.82 Å². The number of hydrogen-bond donors (Lipinski definition) is 1. The molecule has 0 unspecified atom stereocenters. The van der Waals surface area contributed by atoms with E-state index in [4.69, 9.17) is 4.74 Å². The summed E-state index contributed by atoms with van der Waals surface area (Å²) in [7, 11) is 0. The Morgan fingerprint density at radius 3 is 2.48 bits per heavy atom.